The van der Waals surface area contributed by atoms with E-state index in [4.69, 9.17) is 4.74 Å². The zero-order chi connectivity index (χ0) is 24.1. The van der Waals surface area contributed by atoms with E-state index in [1.807, 2.05) is 18.2 Å². The summed E-state index contributed by atoms with van der Waals surface area (Å²) in [5.74, 6) is 0.869. The van der Waals surface area contributed by atoms with Crippen molar-refractivity contribution in [2.75, 3.05) is 46.4 Å². The van der Waals surface area contributed by atoms with Gasteiger partial charge in [0.2, 0.25) is 0 Å². The van der Waals surface area contributed by atoms with Crippen molar-refractivity contribution in [3.63, 3.8) is 0 Å². The zero-order valence-electron chi connectivity index (χ0n) is 20.8. The maximum atomic E-state index is 12.9. The molecule has 0 radical (unpaired) electrons. The fourth-order valence-electron chi connectivity index (χ4n) is 4.83. The molecule has 0 bridgehead atoms. The molecule has 0 amide bonds. The normalized spacial score (nSPS) is 17.2. The van der Waals surface area contributed by atoms with Crippen LogP contribution in [0.5, 0.6) is 5.75 Å². The van der Waals surface area contributed by atoms with Gasteiger partial charge in [0.1, 0.15) is 31.9 Å². The van der Waals surface area contributed by atoms with Gasteiger partial charge in [-0.05, 0) is 24.3 Å². The molecule has 0 unspecified atom stereocenters. The molecule has 4 rings (SSSR count). The Morgan fingerprint density at radius 2 is 1.50 bits per heavy atom. The van der Waals surface area contributed by atoms with E-state index in [1.54, 1.807) is 49.2 Å². The predicted molar refractivity (Wildman–Crippen MR) is 131 cm³/mol. The van der Waals surface area contributed by atoms with Crippen molar-refractivity contribution in [1.82, 2.24) is 9.36 Å². The lowest BCUT2D eigenvalue weighted by molar-refractivity contribution is -1.01. The lowest BCUT2D eigenvalue weighted by atomic mass is 10.1. The number of piperazine rings is 1. The van der Waals surface area contributed by atoms with Crippen LogP contribution in [-0.2, 0) is 13.6 Å². The number of carbonyl (C=O) groups excluding carboxylic acids is 1. The third kappa shape index (κ3) is 6.76. The second-order valence-corrected chi connectivity index (χ2v) is 9.06. The van der Waals surface area contributed by atoms with E-state index in [9.17, 15) is 14.4 Å². The molecule has 10 heteroatoms. The average molecular weight is 537 g/mol. The number of hydrogen-bond donors (Lipinski definition) is 2. The summed E-state index contributed by atoms with van der Waals surface area (Å²) < 4.78 is 8.22. The van der Waals surface area contributed by atoms with Crippen LogP contribution in [-0.4, -0.2) is 61.5 Å². The summed E-state index contributed by atoms with van der Waals surface area (Å²) in [7, 11) is 3.27. The molecule has 0 atom stereocenters. The first-order chi connectivity index (χ1) is 16.5. The fraction of sp³-hybridized carbons (Fsp3) is 0.423. The van der Waals surface area contributed by atoms with Crippen molar-refractivity contribution in [1.29, 1.82) is 0 Å². The van der Waals surface area contributed by atoms with Crippen LogP contribution < -0.4 is 50.5 Å². The fourth-order valence-corrected chi connectivity index (χ4v) is 4.83. The number of rotatable bonds is 9. The summed E-state index contributed by atoms with van der Waals surface area (Å²) >= 11 is 0. The van der Waals surface area contributed by atoms with Crippen molar-refractivity contribution in [2.24, 2.45) is 7.05 Å². The second kappa shape index (κ2) is 13.6. The summed E-state index contributed by atoms with van der Waals surface area (Å²) in [6.07, 6.45) is 1.38. The Morgan fingerprint density at radius 1 is 0.889 bits per heavy atom. The second-order valence-electron chi connectivity index (χ2n) is 9.06. The smallest absolute Gasteiger partial charge is 0.273 e. The molecule has 1 aromatic heterocycles. The number of carbonyl (C=O) groups is 1. The third-order valence-electron chi connectivity index (χ3n) is 6.94. The molecule has 2 aromatic carbocycles. The van der Waals surface area contributed by atoms with E-state index in [0.29, 0.717) is 35.1 Å². The van der Waals surface area contributed by atoms with Crippen LogP contribution in [0.4, 0.5) is 0 Å². The maximum absolute atomic E-state index is 12.9. The Balaban J connectivity index is 0.00000228. The largest absolute Gasteiger partial charge is 1.00 e. The Kier molecular flexibility index (Phi) is 11.2. The molecule has 8 nitrogen and oxygen atoms in total. The van der Waals surface area contributed by atoms with Crippen LogP contribution in [0.25, 0.3) is 10.8 Å². The van der Waals surface area contributed by atoms with Crippen LogP contribution in [0.1, 0.15) is 23.2 Å². The van der Waals surface area contributed by atoms with Crippen LogP contribution in [0.2, 0.25) is 0 Å². The van der Waals surface area contributed by atoms with Crippen molar-refractivity contribution < 1.29 is 44.1 Å². The highest BCUT2D eigenvalue weighted by Crippen LogP contribution is 2.13. The highest BCUT2D eigenvalue weighted by molar-refractivity contribution is 5.96. The highest BCUT2D eigenvalue weighted by Gasteiger charge is 2.23. The Morgan fingerprint density at radius 3 is 2.14 bits per heavy atom. The molecule has 196 valence electrons. The number of ketones is 1. The molecule has 1 aliphatic heterocycles. The number of nitrogens with one attached hydrogen (secondary N) is 2. The molecule has 0 spiro atoms. The minimum absolute atomic E-state index is 0. The van der Waals surface area contributed by atoms with Gasteiger partial charge in [0.25, 0.3) is 11.1 Å². The van der Waals surface area contributed by atoms with Gasteiger partial charge in [-0.3, -0.25) is 19.1 Å². The lowest BCUT2D eigenvalue weighted by Crippen LogP contribution is -3.28. The first-order valence-electron chi connectivity index (χ1n) is 12.0. The lowest BCUT2D eigenvalue weighted by Gasteiger charge is -2.29. The van der Waals surface area contributed by atoms with Gasteiger partial charge in [-0.25, -0.2) is 4.68 Å². The van der Waals surface area contributed by atoms with E-state index in [0.717, 1.165) is 45.7 Å². The SMILES string of the molecule is COc1cccc(C(=O)CC[NH+]2CC[NH+](CCCn3c(=O)c4ccccc4c(=O)n3C)CC2)c1.[Cl-].[Cl-]. The number of aromatic nitrogens is 2. The topological polar surface area (TPSA) is 79.2 Å². The van der Waals surface area contributed by atoms with Gasteiger partial charge in [-0.15, -0.1) is 0 Å². The average Bonchev–Trinajstić information content (AvgIpc) is 2.88. The summed E-state index contributed by atoms with van der Waals surface area (Å²) in [5.41, 5.74) is 0.465. The van der Waals surface area contributed by atoms with Gasteiger partial charge in [0, 0.05) is 25.6 Å². The van der Waals surface area contributed by atoms with Gasteiger partial charge in [-0.1, -0.05) is 24.3 Å². The Hall–Kier alpha value is -2.65. The maximum Gasteiger partial charge on any atom is 0.273 e. The Labute approximate surface area is 223 Å². The minimum Gasteiger partial charge on any atom is -1.00 e. The number of methoxy groups -OCH3 is 1. The molecule has 1 saturated heterocycles. The summed E-state index contributed by atoms with van der Waals surface area (Å²) in [6.45, 7) is 6.51. The molecule has 0 saturated carbocycles. The standard InChI is InChI=1S/C26H32N4O4.2ClH/c1-27-25(32)22-9-3-4-10-23(22)26(33)30(27)13-6-12-28-15-17-29(18-16-28)14-11-24(31)20-7-5-8-21(19-20)34-2;;/h3-5,7-10,19H,6,11-18H2,1-2H3;2*1H. The van der Waals surface area contributed by atoms with Crippen LogP contribution >= 0.6 is 0 Å². The zero-order valence-corrected chi connectivity index (χ0v) is 22.3. The van der Waals surface area contributed by atoms with Crippen molar-refractivity contribution in [3.05, 3.63) is 74.8 Å². The molecule has 1 fully saturated rings. The van der Waals surface area contributed by atoms with E-state index in [-0.39, 0.29) is 41.7 Å². The van der Waals surface area contributed by atoms with Gasteiger partial charge in [0.05, 0.1) is 37.4 Å². The van der Waals surface area contributed by atoms with Crippen LogP contribution in [0, 0.1) is 0 Å². The van der Waals surface area contributed by atoms with Crippen molar-refractivity contribution in [2.45, 2.75) is 19.4 Å². The van der Waals surface area contributed by atoms with Gasteiger partial charge in [0.15, 0.2) is 5.78 Å². The van der Waals surface area contributed by atoms with E-state index in [1.165, 1.54) is 14.5 Å². The van der Waals surface area contributed by atoms with Crippen LogP contribution in [0.15, 0.2) is 58.1 Å². The molecule has 1 aliphatic rings. The van der Waals surface area contributed by atoms with E-state index in [2.05, 4.69) is 0 Å². The Bertz CT molecular complexity index is 1280. The van der Waals surface area contributed by atoms with Crippen LogP contribution in [0.3, 0.4) is 0 Å². The van der Waals surface area contributed by atoms with Gasteiger partial charge < -0.3 is 39.4 Å². The summed E-state index contributed by atoms with van der Waals surface area (Å²) in [4.78, 5) is 41.0. The number of quaternary nitrogens is 2. The molecule has 2 N–H and O–H groups in total. The first kappa shape index (κ1) is 29.6. The number of nitrogens with zero attached hydrogens (tertiary/aromatic N) is 2. The van der Waals surface area contributed by atoms with Gasteiger partial charge >= 0.3 is 0 Å². The van der Waals surface area contributed by atoms with Crippen molar-refractivity contribution in [3.8, 4) is 5.75 Å². The number of fused-ring (bicyclic) bond motifs is 1. The third-order valence-corrected chi connectivity index (χ3v) is 6.94. The number of Topliss-reactive ketones (excluding diaryl/α,β-unsaturated/α-hetero) is 1. The van der Waals surface area contributed by atoms with E-state index >= 15 is 0 Å². The quantitative estimate of drug-likeness (QED) is 0.266. The first-order valence-corrected chi connectivity index (χ1v) is 12.0. The number of hydrogen-bond acceptors (Lipinski definition) is 4. The summed E-state index contributed by atoms with van der Waals surface area (Å²) in [6, 6.07) is 14.4. The monoisotopic (exact) mass is 536 g/mol. The predicted octanol–water partition coefficient (Wildman–Crippen LogP) is -6.84. The molecule has 0 aliphatic carbocycles. The summed E-state index contributed by atoms with van der Waals surface area (Å²) in [5, 5.41) is 0.958. The minimum atomic E-state index is -0.136. The number of halogens is 2. The van der Waals surface area contributed by atoms with Gasteiger partial charge in [-0.2, -0.15) is 0 Å². The number of benzene rings is 2. The number of ether oxygens (including phenoxy) is 1. The van der Waals surface area contributed by atoms with E-state index < -0.39 is 0 Å². The van der Waals surface area contributed by atoms with Crippen molar-refractivity contribution >= 4 is 16.6 Å². The molecule has 36 heavy (non-hydrogen) atoms. The molecular formula is C26H34Cl2N4O4. The highest BCUT2D eigenvalue weighted by atomic mass is 35.5. The molecular weight excluding hydrogens is 503 g/mol. The molecule has 3 aromatic rings. The molecule has 2 heterocycles.